The number of rotatable bonds is 3. The molecule has 0 saturated carbocycles. The summed E-state index contributed by atoms with van der Waals surface area (Å²) in [6.45, 7) is 4.34. The predicted octanol–water partition coefficient (Wildman–Crippen LogP) is 2.52. The molecule has 0 radical (unpaired) electrons. The molecule has 2 aromatic rings. The van der Waals surface area contributed by atoms with Gasteiger partial charge in [0.15, 0.2) is 3.92 Å². The fourth-order valence-corrected chi connectivity index (χ4v) is 2.05. The Bertz CT molecular complexity index is 447. The number of oxazole rings is 1. The van der Waals surface area contributed by atoms with Gasteiger partial charge in [-0.1, -0.05) is 11.3 Å². The van der Waals surface area contributed by atoms with E-state index >= 15 is 0 Å². The average Bonchev–Trinajstić information content (AvgIpc) is 2.72. The molecule has 0 bridgehead atoms. The van der Waals surface area contributed by atoms with Crippen molar-refractivity contribution in [3.63, 3.8) is 0 Å². The first-order chi connectivity index (χ1) is 7.15. The molecule has 2 rings (SSSR count). The highest BCUT2D eigenvalue weighted by Crippen LogP contribution is 2.20. The van der Waals surface area contributed by atoms with Gasteiger partial charge in [-0.2, -0.15) is 0 Å². The zero-order valence-corrected chi connectivity index (χ0v) is 10.6. The summed E-state index contributed by atoms with van der Waals surface area (Å²) in [4.78, 5) is 4.25. The van der Waals surface area contributed by atoms with E-state index in [1.807, 2.05) is 13.8 Å². The van der Waals surface area contributed by atoms with Gasteiger partial charge in [0, 0.05) is 0 Å². The van der Waals surface area contributed by atoms with Crippen LogP contribution in [-0.2, 0) is 6.54 Å². The molecule has 80 valence electrons. The van der Waals surface area contributed by atoms with Gasteiger partial charge in [0.25, 0.3) is 0 Å². The molecule has 5 nitrogen and oxygen atoms in total. The molecule has 0 fully saturated rings. The van der Waals surface area contributed by atoms with Gasteiger partial charge >= 0.3 is 0 Å². The van der Waals surface area contributed by atoms with Crippen LogP contribution < -0.4 is 5.32 Å². The normalized spacial score (nSPS) is 10.6. The highest BCUT2D eigenvalue weighted by molar-refractivity contribution is 9.11. The van der Waals surface area contributed by atoms with Crippen molar-refractivity contribution in [1.29, 1.82) is 0 Å². The van der Waals surface area contributed by atoms with E-state index in [1.165, 1.54) is 11.3 Å². The van der Waals surface area contributed by atoms with Crippen LogP contribution in [0.25, 0.3) is 0 Å². The van der Waals surface area contributed by atoms with Gasteiger partial charge in [-0.3, -0.25) is 0 Å². The van der Waals surface area contributed by atoms with Crippen molar-refractivity contribution < 1.29 is 4.42 Å². The standard InChI is InChI=1S/C8H9BrN4OS/c1-4-5(2)14-6(11-4)3-10-8-13-12-7(9)15-8/h3H2,1-2H3,(H,10,13). The summed E-state index contributed by atoms with van der Waals surface area (Å²) in [5.41, 5.74) is 0.922. The van der Waals surface area contributed by atoms with Gasteiger partial charge in [-0.05, 0) is 29.8 Å². The molecule has 0 unspecified atom stereocenters. The van der Waals surface area contributed by atoms with Crippen LogP contribution in [0.2, 0.25) is 0 Å². The number of aryl methyl sites for hydroxylation is 2. The molecule has 1 N–H and O–H groups in total. The Morgan fingerprint density at radius 1 is 1.40 bits per heavy atom. The van der Waals surface area contributed by atoms with Crippen LogP contribution >= 0.6 is 27.3 Å². The topological polar surface area (TPSA) is 63.8 Å². The Kier molecular flexibility index (Phi) is 3.01. The maximum Gasteiger partial charge on any atom is 0.214 e. The quantitative estimate of drug-likeness (QED) is 0.940. The molecular weight excluding hydrogens is 280 g/mol. The van der Waals surface area contributed by atoms with Crippen molar-refractivity contribution in [2.75, 3.05) is 5.32 Å². The lowest BCUT2D eigenvalue weighted by atomic mass is 10.4. The highest BCUT2D eigenvalue weighted by Gasteiger charge is 2.06. The second kappa shape index (κ2) is 4.28. The first kappa shape index (κ1) is 10.6. The second-order valence-electron chi connectivity index (χ2n) is 2.96. The first-order valence-corrected chi connectivity index (χ1v) is 5.92. The molecule has 0 aliphatic carbocycles. The molecule has 0 atom stereocenters. The van der Waals surface area contributed by atoms with Crippen LogP contribution in [0.15, 0.2) is 8.33 Å². The van der Waals surface area contributed by atoms with Crippen molar-refractivity contribution in [3.05, 3.63) is 21.3 Å². The monoisotopic (exact) mass is 288 g/mol. The Balaban J connectivity index is 1.99. The lowest BCUT2D eigenvalue weighted by molar-refractivity contribution is 0.478. The first-order valence-electron chi connectivity index (χ1n) is 4.31. The van der Waals surface area contributed by atoms with Crippen molar-refractivity contribution >= 4 is 32.4 Å². The minimum Gasteiger partial charge on any atom is -0.444 e. The van der Waals surface area contributed by atoms with E-state index in [2.05, 4.69) is 36.4 Å². The van der Waals surface area contributed by atoms with E-state index in [-0.39, 0.29) is 0 Å². The molecule has 0 aromatic carbocycles. The van der Waals surface area contributed by atoms with E-state index in [1.54, 1.807) is 0 Å². The summed E-state index contributed by atoms with van der Waals surface area (Å²) in [6.07, 6.45) is 0. The summed E-state index contributed by atoms with van der Waals surface area (Å²) in [5, 5.41) is 11.6. The zero-order chi connectivity index (χ0) is 10.8. The van der Waals surface area contributed by atoms with Crippen LogP contribution in [0.1, 0.15) is 17.3 Å². The maximum atomic E-state index is 5.41. The lowest BCUT2D eigenvalue weighted by Gasteiger charge is -1.95. The van der Waals surface area contributed by atoms with Crippen LogP contribution in [0, 0.1) is 13.8 Å². The van der Waals surface area contributed by atoms with Crippen molar-refractivity contribution in [2.24, 2.45) is 0 Å². The molecule has 0 aliphatic rings. The number of aromatic nitrogens is 3. The van der Waals surface area contributed by atoms with Crippen molar-refractivity contribution in [1.82, 2.24) is 15.2 Å². The Morgan fingerprint density at radius 2 is 2.20 bits per heavy atom. The Labute approximate surface area is 99.1 Å². The van der Waals surface area contributed by atoms with Crippen LogP contribution in [-0.4, -0.2) is 15.2 Å². The molecule has 0 aliphatic heterocycles. The van der Waals surface area contributed by atoms with Crippen LogP contribution in [0.5, 0.6) is 0 Å². The fraction of sp³-hybridized carbons (Fsp3) is 0.375. The molecule has 0 spiro atoms. The molecule has 0 saturated heterocycles. The number of halogens is 1. The zero-order valence-electron chi connectivity index (χ0n) is 8.24. The predicted molar refractivity (Wildman–Crippen MR) is 60.9 cm³/mol. The number of hydrogen-bond donors (Lipinski definition) is 1. The van der Waals surface area contributed by atoms with Crippen molar-refractivity contribution in [2.45, 2.75) is 20.4 Å². The highest BCUT2D eigenvalue weighted by atomic mass is 79.9. The maximum absolute atomic E-state index is 5.41. The minimum absolute atomic E-state index is 0.524. The van der Waals surface area contributed by atoms with Crippen molar-refractivity contribution in [3.8, 4) is 0 Å². The third kappa shape index (κ3) is 2.54. The molecule has 15 heavy (non-hydrogen) atoms. The SMILES string of the molecule is Cc1nc(CNc2nnc(Br)s2)oc1C. The summed E-state index contributed by atoms with van der Waals surface area (Å²) in [7, 11) is 0. The number of nitrogens with one attached hydrogen (secondary N) is 1. The molecule has 2 heterocycles. The van der Waals surface area contributed by atoms with E-state index in [0.29, 0.717) is 12.4 Å². The van der Waals surface area contributed by atoms with E-state index in [0.717, 1.165) is 20.5 Å². The molecular formula is C8H9BrN4OS. The van der Waals surface area contributed by atoms with E-state index < -0.39 is 0 Å². The largest absolute Gasteiger partial charge is 0.444 e. The molecule has 7 heteroatoms. The lowest BCUT2D eigenvalue weighted by Crippen LogP contribution is -1.99. The van der Waals surface area contributed by atoms with Gasteiger partial charge in [-0.15, -0.1) is 10.2 Å². The number of nitrogens with zero attached hydrogens (tertiary/aromatic N) is 3. The van der Waals surface area contributed by atoms with Gasteiger partial charge in [0.2, 0.25) is 11.0 Å². The molecule has 0 amide bonds. The summed E-state index contributed by atoms with van der Waals surface area (Å²) in [5.74, 6) is 1.52. The van der Waals surface area contributed by atoms with Gasteiger partial charge in [0.1, 0.15) is 5.76 Å². The average molecular weight is 289 g/mol. The summed E-state index contributed by atoms with van der Waals surface area (Å²) >= 11 is 4.67. The summed E-state index contributed by atoms with van der Waals surface area (Å²) in [6, 6.07) is 0. The molecule has 2 aromatic heterocycles. The number of anilines is 1. The third-order valence-corrected chi connectivity index (χ3v) is 3.18. The van der Waals surface area contributed by atoms with Gasteiger partial charge in [0.05, 0.1) is 12.2 Å². The second-order valence-corrected chi connectivity index (χ2v) is 5.22. The van der Waals surface area contributed by atoms with Crippen LogP contribution in [0.4, 0.5) is 5.13 Å². The van der Waals surface area contributed by atoms with Crippen LogP contribution in [0.3, 0.4) is 0 Å². The van der Waals surface area contributed by atoms with Gasteiger partial charge in [-0.25, -0.2) is 4.98 Å². The minimum atomic E-state index is 0.524. The Hall–Kier alpha value is -0.950. The fourth-order valence-electron chi connectivity index (χ4n) is 1.04. The smallest absolute Gasteiger partial charge is 0.214 e. The third-order valence-electron chi connectivity index (χ3n) is 1.86. The number of hydrogen-bond acceptors (Lipinski definition) is 6. The van der Waals surface area contributed by atoms with E-state index in [4.69, 9.17) is 4.42 Å². The van der Waals surface area contributed by atoms with E-state index in [9.17, 15) is 0 Å². The summed E-state index contributed by atoms with van der Waals surface area (Å²) < 4.78 is 6.17. The van der Waals surface area contributed by atoms with Gasteiger partial charge < -0.3 is 9.73 Å². The Morgan fingerprint density at radius 3 is 2.73 bits per heavy atom.